The molecule has 0 saturated carbocycles. The fraction of sp³-hybridized carbons (Fsp3) is 0.190. The minimum atomic E-state index is -0.418. The first-order valence-electron chi connectivity index (χ1n) is 8.62. The lowest BCUT2D eigenvalue weighted by atomic mass is 10.0. The summed E-state index contributed by atoms with van der Waals surface area (Å²) in [4.78, 5) is 22.4. The highest BCUT2D eigenvalue weighted by Gasteiger charge is 2.10. The highest BCUT2D eigenvalue weighted by Crippen LogP contribution is 2.21. The van der Waals surface area contributed by atoms with E-state index in [1.54, 1.807) is 12.1 Å². The van der Waals surface area contributed by atoms with Crippen LogP contribution in [0.25, 0.3) is 10.8 Å². The zero-order chi connectivity index (χ0) is 19.2. The van der Waals surface area contributed by atoms with E-state index in [1.807, 2.05) is 25.1 Å². The monoisotopic (exact) mass is 380 g/mol. The molecule has 1 amide bonds. The van der Waals surface area contributed by atoms with Gasteiger partial charge in [0.25, 0.3) is 5.69 Å². The average molecular weight is 380 g/mol. The number of thioether (sulfide) groups is 1. The molecule has 1 N–H and O–H groups in total. The van der Waals surface area contributed by atoms with Crippen LogP contribution in [0.5, 0.6) is 0 Å². The van der Waals surface area contributed by atoms with Gasteiger partial charge in [-0.05, 0) is 34.9 Å². The lowest BCUT2D eigenvalue weighted by molar-refractivity contribution is -0.384. The Kier molecular flexibility index (Phi) is 6.08. The molecule has 0 bridgehead atoms. The molecule has 0 aromatic heterocycles. The maximum Gasteiger partial charge on any atom is 0.269 e. The molecule has 27 heavy (non-hydrogen) atoms. The van der Waals surface area contributed by atoms with Crippen molar-refractivity contribution >= 4 is 34.1 Å². The second kappa shape index (κ2) is 8.68. The van der Waals surface area contributed by atoms with E-state index in [1.165, 1.54) is 29.3 Å². The van der Waals surface area contributed by atoms with Gasteiger partial charge in [-0.3, -0.25) is 14.9 Å². The summed E-state index contributed by atoms with van der Waals surface area (Å²) in [7, 11) is 0. The second-order valence-corrected chi connectivity index (χ2v) is 7.30. The Morgan fingerprint density at radius 3 is 2.48 bits per heavy atom. The van der Waals surface area contributed by atoms with Crippen LogP contribution in [-0.2, 0) is 10.5 Å². The number of amides is 1. The van der Waals surface area contributed by atoms with Crippen molar-refractivity contribution in [3.05, 3.63) is 88.0 Å². The van der Waals surface area contributed by atoms with Gasteiger partial charge in [0.2, 0.25) is 5.91 Å². The molecule has 0 spiro atoms. The molecule has 1 atom stereocenters. The largest absolute Gasteiger partial charge is 0.349 e. The Morgan fingerprint density at radius 2 is 1.78 bits per heavy atom. The summed E-state index contributed by atoms with van der Waals surface area (Å²) in [5, 5.41) is 16.0. The number of hydrogen-bond donors (Lipinski definition) is 1. The number of hydrogen-bond acceptors (Lipinski definition) is 4. The Bertz CT molecular complexity index is 957. The van der Waals surface area contributed by atoms with Gasteiger partial charge in [0.15, 0.2) is 0 Å². The molecule has 5 nitrogen and oxygen atoms in total. The molecular weight excluding hydrogens is 360 g/mol. The van der Waals surface area contributed by atoms with Gasteiger partial charge < -0.3 is 5.32 Å². The van der Waals surface area contributed by atoms with Crippen LogP contribution in [0.15, 0.2) is 66.7 Å². The molecule has 0 aliphatic carbocycles. The van der Waals surface area contributed by atoms with Crippen molar-refractivity contribution in [3.63, 3.8) is 0 Å². The Balaban J connectivity index is 1.50. The van der Waals surface area contributed by atoms with Gasteiger partial charge in [-0.25, -0.2) is 0 Å². The Hall–Kier alpha value is -2.86. The SMILES string of the molecule is C[C@@H](NC(=O)CSCc1ccc([N+](=O)[O-])cc1)c1ccc2ccccc2c1. The third-order valence-corrected chi connectivity index (χ3v) is 5.30. The van der Waals surface area contributed by atoms with E-state index in [0.29, 0.717) is 11.5 Å². The standard InChI is InChI=1S/C21H20N2O3S/c1-15(18-9-8-17-4-2-3-5-19(17)12-18)22-21(24)14-27-13-16-6-10-20(11-7-16)23(25)26/h2-12,15H,13-14H2,1H3,(H,22,24)/t15-/m1/s1. The molecule has 0 heterocycles. The van der Waals surface area contributed by atoms with Gasteiger partial charge in [0, 0.05) is 17.9 Å². The predicted molar refractivity (Wildman–Crippen MR) is 110 cm³/mol. The summed E-state index contributed by atoms with van der Waals surface area (Å²) in [6.45, 7) is 1.98. The van der Waals surface area contributed by atoms with Gasteiger partial charge in [-0.2, -0.15) is 0 Å². The number of nitrogens with one attached hydrogen (secondary N) is 1. The topological polar surface area (TPSA) is 72.2 Å². The number of nitro groups is 1. The smallest absolute Gasteiger partial charge is 0.269 e. The number of carbonyl (C=O) groups excluding carboxylic acids is 1. The average Bonchev–Trinajstić information content (AvgIpc) is 2.68. The van der Waals surface area contributed by atoms with Gasteiger partial charge in [-0.15, -0.1) is 11.8 Å². The third kappa shape index (κ3) is 5.08. The summed E-state index contributed by atoms with van der Waals surface area (Å²) in [6, 6.07) is 20.7. The minimum Gasteiger partial charge on any atom is -0.349 e. The van der Waals surface area contributed by atoms with Crippen LogP contribution in [0, 0.1) is 10.1 Å². The van der Waals surface area contributed by atoms with E-state index >= 15 is 0 Å². The molecule has 3 rings (SSSR count). The quantitative estimate of drug-likeness (QED) is 0.469. The van der Waals surface area contributed by atoms with E-state index < -0.39 is 4.92 Å². The number of benzene rings is 3. The molecule has 6 heteroatoms. The van der Waals surface area contributed by atoms with Crippen molar-refractivity contribution in [2.75, 3.05) is 5.75 Å². The number of fused-ring (bicyclic) bond motifs is 1. The normalized spacial score (nSPS) is 11.9. The maximum atomic E-state index is 12.2. The molecule has 3 aromatic rings. The van der Waals surface area contributed by atoms with Crippen molar-refractivity contribution in [1.82, 2.24) is 5.32 Å². The molecule has 3 aromatic carbocycles. The first kappa shape index (κ1) is 18.9. The lowest BCUT2D eigenvalue weighted by Gasteiger charge is -2.15. The van der Waals surface area contributed by atoms with Gasteiger partial charge >= 0.3 is 0 Å². The molecule has 0 saturated heterocycles. The number of non-ortho nitro benzene ring substituents is 1. The summed E-state index contributed by atoms with van der Waals surface area (Å²) in [5.74, 6) is 0.951. The van der Waals surface area contributed by atoms with Crippen LogP contribution in [0.1, 0.15) is 24.1 Å². The molecule has 0 aliphatic heterocycles. The van der Waals surface area contributed by atoms with E-state index in [0.717, 1.165) is 16.5 Å². The molecule has 138 valence electrons. The molecule has 0 radical (unpaired) electrons. The van der Waals surface area contributed by atoms with Crippen LogP contribution in [-0.4, -0.2) is 16.6 Å². The van der Waals surface area contributed by atoms with Crippen LogP contribution in [0.4, 0.5) is 5.69 Å². The number of rotatable bonds is 7. The van der Waals surface area contributed by atoms with E-state index in [-0.39, 0.29) is 17.6 Å². The van der Waals surface area contributed by atoms with Gasteiger partial charge in [0.1, 0.15) is 0 Å². The van der Waals surface area contributed by atoms with Gasteiger partial charge in [0.05, 0.1) is 16.7 Å². The zero-order valence-electron chi connectivity index (χ0n) is 14.9. The van der Waals surface area contributed by atoms with Crippen LogP contribution in [0.2, 0.25) is 0 Å². The third-order valence-electron chi connectivity index (χ3n) is 4.30. The highest BCUT2D eigenvalue weighted by molar-refractivity contribution is 7.99. The van der Waals surface area contributed by atoms with E-state index in [4.69, 9.17) is 0 Å². The fourth-order valence-electron chi connectivity index (χ4n) is 2.82. The van der Waals surface area contributed by atoms with E-state index in [9.17, 15) is 14.9 Å². The van der Waals surface area contributed by atoms with Crippen molar-refractivity contribution in [3.8, 4) is 0 Å². The molecule has 0 fully saturated rings. The predicted octanol–water partition coefficient (Wildman–Crippen LogP) is 4.86. The first-order chi connectivity index (χ1) is 13.0. The second-order valence-electron chi connectivity index (χ2n) is 6.31. The number of carbonyl (C=O) groups is 1. The number of nitrogens with zero attached hydrogens (tertiary/aromatic N) is 1. The van der Waals surface area contributed by atoms with Crippen LogP contribution < -0.4 is 5.32 Å². The van der Waals surface area contributed by atoms with Gasteiger partial charge in [-0.1, -0.05) is 48.5 Å². The minimum absolute atomic E-state index is 0.0254. The van der Waals surface area contributed by atoms with Crippen molar-refractivity contribution in [2.45, 2.75) is 18.7 Å². The van der Waals surface area contributed by atoms with Crippen LogP contribution in [0.3, 0.4) is 0 Å². The Labute approximate surface area is 161 Å². The molecule has 0 aliphatic rings. The maximum absolute atomic E-state index is 12.2. The molecular formula is C21H20N2O3S. The van der Waals surface area contributed by atoms with Crippen molar-refractivity contribution in [1.29, 1.82) is 0 Å². The number of nitro benzene ring substituents is 1. The van der Waals surface area contributed by atoms with Crippen molar-refractivity contribution < 1.29 is 9.72 Å². The summed E-state index contributed by atoms with van der Waals surface area (Å²) in [5.41, 5.74) is 2.11. The highest BCUT2D eigenvalue weighted by atomic mass is 32.2. The zero-order valence-corrected chi connectivity index (χ0v) is 15.7. The summed E-state index contributed by atoms with van der Waals surface area (Å²) < 4.78 is 0. The van der Waals surface area contributed by atoms with Crippen LogP contribution >= 0.6 is 11.8 Å². The van der Waals surface area contributed by atoms with Crippen molar-refractivity contribution in [2.24, 2.45) is 0 Å². The van der Waals surface area contributed by atoms with E-state index in [2.05, 4.69) is 29.6 Å². The Morgan fingerprint density at radius 1 is 1.07 bits per heavy atom. The summed E-state index contributed by atoms with van der Waals surface area (Å²) in [6.07, 6.45) is 0. The molecule has 0 unspecified atom stereocenters. The fourth-order valence-corrected chi connectivity index (χ4v) is 3.62. The summed E-state index contributed by atoms with van der Waals surface area (Å²) >= 11 is 1.49. The lowest BCUT2D eigenvalue weighted by Crippen LogP contribution is -2.28. The first-order valence-corrected chi connectivity index (χ1v) is 9.77.